The minimum Gasteiger partial charge on any atom is -0.286 e. The summed E-state index contributed by atoms with van der Waals surface area (Å²) in [6.07, 6.45) is 12.9. The maximum Gasteiger partial charge on any atom is 0.225 e. The van der Waals surface area contributed by atoms with Gasteiger partial charge in [0.2, 0.25) is 11.6 Å². The summed E-state index contributed by atoms with van der Waals surface area (Å²) < 4.78 is 0. The van der Waals surface area contributed by atoms with Crippen molar-refractivity contribution >= 4 is 11.6 Å². The lowest BCUT2D eigenvalue weighted by Gasteiger charge is -1.98. The van der Waals surface area contributed by atoms with Crippen molar-refractivity contribution in [1.29, 1.82) is 0 Å². The quantitative estimate of drug-likeness (QED) is 0.553. The Balaban J connectivity index is 2.54. The van der Waals surface area contributed by atoms with Crippen LogP contribution in [0, 0.1) is 0 Å². The van der Waals surface area contributed by atoms with Crippen LogP contribution in [0.3, 0.4) is 0 Å². The van der Waals surface area contributed by atoms with Crippen molar-refractivity contribution in [3.63, 3.8) is 0 Å². The van der Waals surface area contributed by atoms with Crippen LogP contribution in [0.25, 0.3) is 0 Å². The molecule has 0 spiro atoms. The predicted molar refractivity (Wildman–Crippen MR) is 56.0 cm³/mol. The number of carbonyl (C=O) groups is 2. The van der Waals surface area contributed by atoms with Gasteiger partial charge in [-0.25, -0.2) is 0 Å². The molecule has 14 heavy (non-hydrogen) atoms. The highest BCUT2D eigenvalue weighted by Crippen LogP contribution is 2.07. The Morgan fingerprint density at radius 1 is 0.714 bits per heavy atom. The predicted octanol–water partition coefficient (Wildman–Crippen LogP) is 2.59. The molecule has 0 aromatic heterocycles. The summed E-state index contributed by atoms with van der Waals surface area (Å²) in [6, 6.07) is 0. The van der Waals surface area contributed by atoms with Crippen molar-refractivity contribution in [2.24, 2.45) is 0 Å². The smallest absolute Gasteiger partial charge is 0.225 e. The second-order valence-electron chi connectivity index (χ2n) is 3.52. The number of carbonyl (C=O) groups excluding carboxylic acids is 2. The van der Waals surface area contributed by atoms with Crippen LogP contribution in [0.15, 0.2) is 24.3 Å². The Hall–Kier alpha value is -1.18. The number of hydrogen-bond acceptors (Lipinski definition) is 2. The third-order valence-electron chi connectivity index (χ3n) is 2.27. The highest BCUT2D eigenvalue weighted by Gasteiger charge is 2.05. The topological polar surface area (TPSA) is 34.1 Å². The van der Waals surface area contributed by atoms with Crippen molar-refractivity contribution in [1.82, 2.24) is 0 Å². The van der Waals surface area contributed by atoms with Crippen LogP contribution in [0.2, 0.25) is 0 Å². The van der Waals surface area contributed by atoms with E-state index in [1.165, 1.54) is 25.0 Å². The first-order valence-electron chi connectivity index (χ1n) is 5.22. The van der Waals surface area contributed by atoms with Gasteiger partial charge in [-0.2, -0.15) is 0 Å². The highest BCUT2D eigenvalue weighted by molar-refractivity contribution is 6.45. The fraction of sp³-hybridized carbons (Fsp3) is 0.500. The summed E-state index contributed by atoms with van der Waals surface area (Å²) in [5.74, 6) is -0.802. The summed E-state index contributed by atoms with van der Waals surface area (Å²) in [6.45, 7) is 0. The average molecular weight is 192 g/mol. The van der Waals surface area contributed by atoms with E-state index < -0.39 is 11.6 Å². The molecule has 2 heteroatoms. The molecule has 0 radical (unpaired) electrons. The van der Waals surface area contributed by atoms with Crippen LogP contribution < -0.4 is 0 Å². The Kier molecular flexibility index (Phi) is 4.90. The summed E-state index contributed by atoms with van der Waals surface area (Å²) in [5, 5.41) is 0. The van der Waals surface area contributed by atoms with Gasteiger partial charge in [-0.15, -0.1) is 0 Å². The standard InChI is InChI=1S/C12H16O2/c13-11-9-7-5-3-1-2-4-6-8-10-12(11)14/h7-10H,1-6H2/b9-7+,10-8+. The lowest BCUT2D eigenvalue weighted by atomic mass is 10.1. The molecule has 0 heterocycles. The molecular weight excluding hydrogens is 176 g/mol. The molecule has 0 aromatic carbocycles. The second kappa shape index (κ2) is 6.30. The largest absolute Gasteiger partial charge is 0.286 e. The van der Waals surface area contributed by atoms with E-state index in [0.29, 0.717) is 0 Å². The van der Waals surface area contributed by atoms with Crippen molar-refractivity contribution in [3.8, 4) is 0 Å². The van der Waals surface area contributed by atoms with Crippen molar-refractivity contribution in [3.05, 3.63) is 24.3 Å². The van der Waals surface area contributed by atoms with E-state index in [-0.39, 0.29) is 0 Å². The monoisotopic (exact) mass is 192 g/mol. The van der Waals surface area contributed by atoms with Gasteiger partial charge in [0.1, 0.15) is 0 Å². The van der Waals surface area contributed by atoms with E-state index in [9.17, 15) is 9.59 Å². The maximum absolute atomic E-state index is 11.1. The van der Waals surface area contributed by atoms with Gasteiger partial charge in [0.15, 0.2) is 0 Å². The van der Waals surface area contributed by atoms with Crippen LogP contribution in [0.5, 0.6) is 0 Å². The maximum atomic E-state index is 11.1. The summed E-state index contributed by atoms with van der Waals surface area (Å²) in [4.78, 5) is 22.3. The molecular formula is C12H16O2. The molecule has 0 bridgehead atoms. The number of rotatable bonds is 0. The van der Waals surface area contributed by atoms with E-state index in [0.717, 1.165) is 25.7 Å². The first kappa shape index (κ1) is 10.9. The first-order valence-corrected chi connectivity index (χ1v) is 5.22. The van der Waals surface area contributed by atoms with Gasteiger partial charge in [-0.1, -0.05) is 25.0 Å². The van der Waals surface area contributed by atoms with Crippen molar-refractivity contribution in [2.75, 3.05) is 0 Å². The number of hydrogen-bond donors (Lipinski definition) is 0. The molecule has 0 N–H and O–H groups in total. The van der Waals surface area contributed by atoms with Crippen LogP contribution >= 0.6 is 0 Å². The molecule has 0 saturated carbocycles. The molecule has 0 aromatic rings. The normalized spacial score (nSPS) is 24.9. The van der Waals surface area contributed by atoms with Crippen LogP contribution in [0.1, 0.15) is 38.5 Å². The zero-order valence-electron chi connectivity index (χ0n) is 8.37. The molecule has 0 amide bonds. The van der Waals surface area contributed by atoms with Crippen molar-refractivity contribution < 1.29 is 9.59 Å². The van der Waals surface area contributed by atoms with Gasteiger partial charge >= 0.3 is 0 Å². The lowest BCUT2D eigenvalue weighted by molar-refractivity contribution is -0.130. The molecule has 1 aliphatic rings. The van der Waals surface area contributed by atoms with E-state index >= 15 is 0 Å². The molecule has 1 rings (SSSR count). The molecule has 0 atom stereocenters. The van der Waals surface area contributed by atoms with Gasteiger partial charge in [0.05, 0.1) is 0 Å². The highest BCUT2D eigenvalue weighted by atomic mass is 16.2. The molecule has 0 aliphatic heterocycles. The summed E-state index contributed by atoms with van der Waals surface area (Å²) in [7, 11) is 0. The van der Waals surface area contributed by atoms with Gasteiger partial charge in [0.25, 0.3) is 0 Å². The molecule has 0 fully saturated rings. The average Bonchev–Trinajstić information content (AvgIpc) is 2.18. The Bertz CT molecular complexity index is 233. The molecule has 0 saturated heterocycles. The van der Waals surface area contributed by atoms with Gasteiger partial charge in [-0.05, 0) is 37.8 Å². The van der Waals surface area contributed by atoms with Crippen LogP contribution in [0.4, 0.5) is 0 Å². The Morgan fingerprint density at radius 2 is 1.14 bits per heavy atom. The molecule has 0 unspecified atom stereocenters. The molecule has 2 nitrogen and oxygen atoms in total. The number of allylic oxidation sites excluding steroid dienone is 4. The van der Waals surface area contributed by atoms with Crippen LogP contribution in [-0.4, -0.2) is 11.6 Å². The minimum atomic E-state index is -0.401. The Morgan fingerprint density at radius 3 is 1.57 bits per heavy atom. The number of ketones is 2. The lowest BCUT2D eigenvalue weighted by Crippen LogP contribution is -2.07. The van der Waals surface area contributed by atoms with E-state index in [1.807, 2.05) is 0 Å². The van der Waals surface area contributed by atoms with Gasteiger partial charge < -0.3 is 0 Å². The zero-order chi connectivity index (χ0) is 10.2. The zero-order valence-corrected chi connectivity index (χ0v) is 8.37. The SMILES string of the molecule is O=C1/C=C/CCCCCC/C=C/C1=O. The summed E-state index contributed by atoms with van der Waals surface area (Å²) >= 11 is 0. The first-order chi connectivity index (χ1) is 6.80. The minimum absolute atomic E-state index is 0.401. The third kappa shape index (κ3) is 4.17. The Labute approximate surface area is 84.7 Å². The van der Waals surface area contributed by atoms with Crippen molar-refractivity contribution in [2.45, 2.75) is 38.5 Å². The summed E-state index contributed by atoms with van der Waals surface area (Å²) in [5.41, 5.74) is 0. The van der Waals surface area contributed by atoms with E-state index in [4.69, 9.17) is 0 Å². The fourth-order valence-corrected chi connectivity index (χ4v) is 1.42. The van der Waals surface area contributed by atoms with E-state index in [1.54, 1.807) is 12.2 Å². The third-order valence-corrected chi connectivity index (χ3v) is 2.27. The second-order valence-corrected chi connectivity index (χ2v) is 3.52. The van der Waals surface area contributed by atoms with Gasteiger partial charge in [0, 0.05) is 0 Å². The van der Waals surface area contributed by atoms with E-state index in [2.05, 4.69) is 0 Å². The van der Waals surface area contributed by atoms with Gasteiger partial charge in [-0.3, -0.25) is 9.59 Å². The molecule has 76 valence electrons. The fourth-order valence-electron chi connectivity index (χ4n) is 1.42. The molecule has 1 aliphatic carbocycles. The van der Waals surface area contributed by atoms with Crippen LogP contribution in [-0.2, 0) is 9.59 Å².